The number of nitrogens with zero attached hydrogens (tertiary/aromatic N) is 3. The summed E-state index contributed by atoms with van der Waals surface area (Å²) in [4.78, 5) is 17.3. The summed E-state index contributed by atoms with van der Waals surface area (Å²) in [6, 6.07) is 7.38. The van der Waals surface area contributed by atoms with Gasteiger partial charge in [-0.2, -0.15) is 4.98 Å². The number of carbonyl (C=O) groups excluding carboxylic acids is 1. The van der Waals surface area contributed by atoms with Gasteiger partial charge in [0.1, 0.15) is 5.75 Å². The zero-order chi connectivity index (χ0) is 14.5. The lowest BCUT2D eigenvalue weighted by Gasteiger charge is -2.15. The van der Waals surface area contributed by atoms with E-state index in [0.29, 0.717) is 24.8 Å². The largest absolute Gasteiger partial charge is 0.497 e. The van der Waals surface area contributed by atoms with Gasteiger partial charge in [-0.1, -0.05) is 5.16 Å². The topological polar surface area (TPSA) is 68.5 Å². The molecule has 0 saturated heterocycles. The minimum absolute atomic E-state index is 0.0169. The second-order valence-corrected chi connectivity index (χ2v) is 4.27. The van der Waals surface area contributed by atoms with Crippen LogP contribution in [-0.2, 0) is 11.3 Å². The Labute approximate surface area is 117 Å². The number of amides is 1. The van der Waals surface area contributed by atoms with Gasteiger partial charge < -0.3 is 14.2 Å². The Hall–Kier alpha value is -2.37. The summed E-state index contributed by atoms with van der Waals surface area (Å²) in [5.74, 6) is 1.68. The Balaban J connectivity index is 2.13. The second-order valence-electron chi connectivity index (χ2n) is 4.27. The molecule has 0 unspecified atom stereocenters. The summed E-state index contributed by atoms with van der Waals surface area (Å²) in [6.45, 7) is 4.36. The summed E-state index contributed by atoms with van der Waals surface area (Å²) in [5.41, 5.74) is 0.840. The first-order valence-corrected chi connectivity index (χ1v) is 6.36. The third-order valence-corrected chi connectivity index (χ3v) is 2.97. The van der Waals surface area contributed by atoms with Crippen LogP contribution >= 0.6 is 0 Å². The summed E-state index contributed by atoms with van der Waals surface area (Å²) in [5, 5.41) is 3.92. The van der Waals surface area contributed by atoms with Gasteiger partial charge >= 0.3 is 0 Å². The van der Waals surface area contributed by atoms with Crippen molar-refractivity contribution in [3.05, 3.63) is 30.2 Å². The number of aromatic nitrogens is 2. The molecule has 2 aromatic rings. The van der Waals surface area contributed by atoms with Crippen molar-refractivity contribution < 1.29 is 14.1 Å². The van der Waals surface area contributed by atoms with Gasteiger partial charge in [0, 0.05) is 19.0 Å². The number of carbonyl (C=O) groups is 1. The van der Waals surface area contributed by atoms with Gasteiger partial charge in [-0.25, -0.2) is 0 Å². The summed E-state index contributed by atoms with van der Waals surface area (Å²) >= 11 is 0. The smallest absolute Gasteiger partial charge is 0.246 e. The molecule has 1 heterocycles. The van der Waals surface area contributed by atoms with Crippen LogP contribution in [0.4, 0.5) is 0 Å². The molecule has 0 spiro atoms. The van der Waals surface area contributed by atoms with Crippen LogP contribution in [0.5, 0.6) is 5.75 Å². The van der Waals surface area contributed by atoms with E-state index in [1.807, 2.05) is 31.2 Å². The lowest BCUT2D eigenvalue weighted by molar-refractivity contribution is -0.129. The van der Waals surface area contributed by atoms with Crippen molar-refractivity contribution in [3.8, 4) is 17.1 Å². The van der Waals surface area contributed by atoms with E-state index in [2.05, 4.69) is 10.1 Å². The summed E-state index contributed by atoms with van der Waals surface area (Å²) in [6.07, 6.45) is 0. The normalized spacial score (nSPS) is 10.3. The predicted molar refractivity (Wildman–Crippen MR) is 73.1 cm³/mol. The first kappa shape index (κ1) is 14.0. The summed E-state index contributed by atoms with van der Waals surface area (Å²) < 4.78 is 10.3. The first-order chi connectivity index (χ1) is 9.63. The third kappa shape index (κ3) is 3.14. The maximum Gasteiger partial charge on any atom is 0.246 e. The molecule has 0 aliphatic heterocycles. The van der Waals surface area contributed by atoms with E-state index in [4.69, 9.17) is 9.26 Å². The van der Waals surface area contributed by atoms with Crippen LogP contribution in [0.1, 0.15) is 19.7 Å². The third-order valence-electron chi connectivity index (χ3n) is 2.97. The van der Waals surface area contributed by atoms with Crippen molar-refractivity contribution in [1.82, 2.24) is 15.0 Å². The molecule has 0 bridgehead atoms. The highest BCUT2D eigenvalue weighted by molar-refractivity contribution is 5.73. The molecular weight excluding hydrogens is 258 g/mol. The van der Waals surface area contributed by atoms with Crippen molar-refractivity contribution in [3.63, 3.8) is 0 Å². The first-order valence-electron chi connectivity index (χ1n) is 6.36. The van der Waals surface area contributed by atoms with Crippen molar-refractivity contribution in [2.45, 2.75) is 20.4 Å². The van der Waals surface area contributed by atoms with Crippen LogP contribution in [0, 0.1) is 0 Å². The van der Waals surface area contributed by atoms with Crippen molar-refractivity contribution in [2.75, 3.05) is 13.7 Å². The number of methoxy groups -OCH3 is 1. The lowest BCUT2D eigenvalue weighted by Crippen LogP contribution is -2.27. The van der Waals surface area contributed by atoms with Crippen molar-refractivity contribution >= 4 is 5.91 Å². The van der Waals surface area contributed by atoms with Crippen LogP contribution < -0.4 is 4.74 Å². The maximum atomic E-state index is 11.3. The fourth-order valence-electron chi connectivity index (χ4n) is 1.79. The Bertz CT molecular complexity index is 578. The fraction of sp³-hybridized carbons (Fsp3) is 0.357. The maximum absolute atomic E-state index is 11.3. The molecule has 6 nitrogen and oxygen atoms in total. The molecular formula is C14H17N3O3. The molecule has 1 aromatic carbocycles. The molecule has 0 radical (unpaired) electrons. The SMILES string of the molecule is CCN(Cc1nc(-c2ccc(OC)cc2)no1)C(C)=O. The van der Waals surface area contributed by atoms with E-state index in [9.17, 15) is 4.79 Å². The molecule has 0 aliphatic rings. The Morgan fingerprint density at radius 1 is 1.35 bits per heavy atom. The molecule has 0 N–H and O–H groups in total. The molecule has 0 saturated carbocycles. The molecule has 0 fully saturated rings. The minimum Gasteiger partial charge on any atom is -0.497 e. The van der Waals surface area contributed by atoms with Crippen LogP contribution in [0.25, 0.3) is 11.4 Å². The van der Waals surface area contributed by atoms with Crippen LogP contribution in [0.3, 0.4) is 0 Å². The van der Waals surface area contributed by atoms with E-state index >= 15 is 0 Å². The molecule has 1 aromatic heterocycles. The zero-order valence-corrected chi connectivity index (χ0v) is 11.8. The monoisotopic (exact) mass is 275 g/mol. The number of benzene rings is 1. The molecule has 2 rings (SSSR count). The van der Waals surface area contributed by atoms with Gasteiger partial charge in [-0.05, 0) is 31.2 Å². The Morgan fingerprint density at radius 2 is 2.05 bits per heavy atom. The van der Waals surface area contributed by atoms with Gasteiger partial charge in [0.25, 0.3) is 0 Å². The van der Waals surface area contributed by atoms with Gasteiger partial charge in [0.2, 0.25) is 17.6 Å². The van der Waals surface area contributed by atoms with E-state index in [0.717, 1.165) is 11.3 Å². The minimum atomic E-state index is -0.0169. The van der Waals surface area contributed by atoms with Gasteiger partial charge in [0.05, 0.1) is 13.7 Å². The highest BCUT2D eigenvalue weighted by atomic mass is 16.5. The zero-order valence-electron chi connectivity index (χ0n) is 11.8. The van der Waals surface area contributed by atoms with E-state index in [-0.39, 0.29) is 5.91 Å². The lowest BCUT2D eigenvalue weighted by atomic mass is 10.2. The number of hydrogen-bond acceptors (Lipinski definition) is 5. The van der Waals surface area contributed by atoms with Gasteiger partial charge in [-0.3, -0.25) is 4.79 Å². The number of hydrogen-bond donors (Lipinski definition) is 0. The molecule has 0 atom stereocenters. The van der Waals surface area contributed by atoms with Crippen LogP contribution in [0.15, 0.2) is 28.8 Å². The number of ether oxygens (including phenoxy) is 1. The Morgan fingerprint density at radius 3 is 2.60 bits per heavy atom. The standard InChI is InChI=1S/C14H17N3O3/c1-4-17(10(2)18)9-13-15-14(16-20-13)11-5-7-12(19-3)8-6-11/h5-8H,4,9H2,1-3H3. The van der Waals surface area contributed by atoms with E-state index in [1.165, 1.54) is 6.92 Å². The van der Waals surface area contributed by atoms with Gasteiger partial charge in [-0.15, -0.1) is 0 Å². The second kappa shape index (κ2) is 6.18. The quantitative estimate of drug-likeness (QED) is 0.836. The average Bonchev–Trinajstić information content (AvgIpc) is 2.93. The highest BCUT2D eigenvalue weighted by Gasteiger charge is 2.13. The number of rotatable bonds is 5. The van der Waals surface area contributed by atoms with E-state index < -0.39 is 0 Å². The van der Waals surface area contributed by atoms with Crippen molar-refractivity contribution in [1.29, 1.82) is 0 Å². The molecule has 0 aliphatic carbocycles. The Kier molecular flexibility index (Phi) is 4.34. The predicted octanol–water partition coefficient (Wildman–Crippen LogP) is 2.11. The fourth-order valence-corrected chi connectivity index (χ4v) is 1.79. The highest BCUT2D eigenvalue weighted by Crippen LogP contribution is 2.20. The summed E-state index contributed by atoms with van der Waals surface area (Å²) in [7, 11) is 1.61. The van der Waals surface area contributed by atoms with Crippen LogP contribution in [0.2, 0.25) is 0 Å². The molecule has 6 heteroatoms. The molecule has 20 heavy (non-hydrogen) atoms. The van der Waals surface area contributed by atoms with Crippen LogP contribution in [-0.4, -0.2) is 34.6 Å². The van der Waals surface area contributed by atoms with Gasteiger partial charge in [0.15, 0.2) is 0 Å². The van der Waals surface area contributed by atoms with E-state index in [1.54, 1.807) is 12.0 Å². The molecule has 106 valence electrons. The average molecular weight is 275 g/mol. The van der Waals surface area contributed by atoms with Crippen molar-refractivity contribution in [2.24, 2.45) is 0 Å². The molecule has 1 amide bonds.